The van der Waals surface area contributed by atoms with E-state index in [0.29, 0.717) is 62.5 Å². The van der Waals surface area contributed by atoms with Gasteiger partial charge in [-0.3, -0.25) is 14.7 Å². The zero-order chi connectivity index (χ0) is 25.7. The highest BCUT2D eigenvalue weighted by Gasteiger charge is 2.40. The standard InChI is InChI=1S/C27H29ClF2N2O4/c1-35-18-7-8-24-20(16-18)19(21(28)17-31-24)4-3-9-27(26(33)34)10-12-32(13-11-27)14-15-36-25-22(29)5-2-6-23(25)30/h2,5-8,16-17H,3-4,9-15H2,1H3,(H,33,34). The van der Waals surface area contributed by atoms with Crippen molar-refractivity contribution in [2.24, 2.45) is 5.41 Å². The largest absolute Gasteiger partial charge is 0.497 e. The van der Waals surface area contributed by atoms with Crippen LogP contribution in [0.2, 0.25) is 5.02 Å². The first kappa shape index (κ1) is 26.1. The molecule has 0 aliphatic carbocycles. The summed E-state index contributed by atoms with van der Waals surface area (Å²) in [5.41, 5.74) is 0.937. The molecular formula is C27H29ClF2N2O4. The lowest BCUT2D eigenvalue weighted by Crippen LogP contribution is -2.45. The van der Waals surface area contributed by atoms with Gasteiger partial charge in [-0.15, -0.1) is 0 Å². The van der Waals surface area contributed by atoms with Crippen molar-refractivity contribution in [2.45, 2.75) is 32.1 Å². The molecule has 1 fully saturated rings. The summed E-state index contributed by atoms with van der Waals surface area (Å²) in [6.07, 6.45) is 4.44. The number of fused-ring (bicyclic) bond motifs is 1. The van der Waals surface area contributed by atoms with Crippen LogP contribution in [0.4, 0.5) is 8.78 Å². The first-order valence-electron chi connectivity index (χ1n) is 12.0. The fourth-order valence-corrected chi connectivity index (χ4v) is 5.10. The Morgan fingerprint density at radius 1 is 1.19 bits per heavy atom. The van der Waals surface area contributed by atoms with Crippen molar-refractivity contribution >= 4 is 28.5 Å². The van der Waals surface area contributed by atoms with Gasteiger partial charge in [0.25, 0.3) is 0 Å². The lowest BCUT2D eigenvalue weighted by molar-refractivity contribution is -0.152. The molecule has 1 N–H and O–H groups in total. The minimum atomic E-state index is -0.817. The molecule has 4 rings (SSSR count). The lowest BCUT2D eigenvalue weighted by Gasteiger charge is -2.39. The summed E-state index contributed by atoms with van der Waals surface area (Å²) in [4.78, 5) is 18.7. The highest BCUT2D eigenvalue weighted by Crippen LogP contribution is 2.38. The molecular weight excluding hydrogens is 490 g/mol. The Kier molecular flexibility index (Phi) is 8.26. The van der Waals surface area contributed by atoms with Crippen LogP contribution < -0.4 is 9.47 Å². The van der Waals surface area contributed by atoms with Crippen molar-refractivity contribution in [2.75, 3.05) is 33.4 Å². The zero-order valence-electron chi connectivity index (χ0n) is 20.1. The number of ether oxygens (including phenoxy) is 2. The van der Waals surface area contributed by atoms with Crippen molar-refractivity contribution in [3.8, 4) is 11.5 Å². The number of likely N-dealkylation sites (tertiary alicyclic amines) is 1. The van der Waals surface area contributed by atoms with Crippen LogP contribution in [-0.2, 0) is 11.2 Å². The van der Waals surface area contributed by atoms with E-state index in [-0.39, 0.29) is 12.4 Å². The van der Waals surface area contributed by atoms with Gasteiger partial charge in [0.15, 0.2) is 17.4 Å². The summed E-state index contributed by atoms with van der Waals surface area (Å²) in [7, 11) is 1.60. The Balaban J connectivity index is 1.34. The maximum absolute atomic E-state index is 13.7. The molecule has 1 aromatic heterocycles. The van der Waals surface area contributed by atoms with Crippen LogP contribution in [0.1, 0.15) is 31.2 Å². The Morgan fingerprint density at radius 3 is 2.58 bits per heavy atom. The summed E-state index contributed by atoms with van der Waals surface area (Å²) < 4.78 is 38.1. The first-order chi connectivity index (χ1) is 17.3. The van der Waals surface area contributed by atoms with E-state index in [9.17, 15) is 18.7 Å². The number of methoxy groups -OCH3 is 1. The van der Waals surface area contributed by atoms with Gasteiger partial charge in [0.1, 0.15) is 12.4 Å². The maximum Gasteiger partial charge on any atom is 0.309 e. The van der Waals surface area contributed by atoms with Gasteiger partial charge in [0.2, 0.25) is 0 Å². The summed E-state index contributed by atoms with van der Waals surface area (Å²) >= 11 is 6.46. The lowest BCUT2D eigenvalue weighted by atomic mass is 9.74. The van der Waals surface area contributed by atoms with Gasteiger partial charge < -0.3 is 14.6 Å². The molecule has 0 unspecified atom stereocenters. The number of carboxylic acids is 1. The average molecular weight is 519 g/mol. The molecule has 0 amide bonds. The van der Waals surface area contributed by atoms with Crippen molar-refractivity contribution in [1.29, 1.82) is 0 Å². The Labute approximate surface area is 213 Å². The van der Waals surface area contributed by atoms with E-state index in [1.54, 1.807) is 13.3 Å². The monoisotopic (exact) mass is 518 g/mol. The number of piperidine rings is 1. The molecule has 2 heterocycles. The van der Waals surface area contributed by atoms with Crippen LogP contribution in [0.25, 0.3) is 10.9 Å². The number of aryl methyl sites for hydroxylation is 1. The number of pyridine rings is 1. The molecule has 36 heavy (non-hydrogen) atoms. The number of carbonyl (C=O) groups is 1. The molecule has 192 valence electrons. The molecule has 6 nitrogen and oxygen atoms in total. The number of aliphatic carboxylic acids is 1. The van der Waals surface area contributed by atoms with Gasteiger partial charge in [-0.05, 0) is 81.1 Å². The third kappa shape index (κ3) is 5.71. The summed E-state index contributed by atoms with van der Waals surface area (Å²) in [6, 6.07) is 9.22. The second-order valence-electron chi connectivity index (χ2n) is 9.15. The topological polar surface area (TPSA) is 71.9 Å². The maximum atomic E-state index is 13.7. The molecule has 1 aliphatic rings. The predicted molar refractivity (Wildman–Crippen MR) is 134 cm³/mol. The number of halogens is 3. The second kappa shape index (κ2) is 11.4. The van der Waals surface area contributed by atoms with E-state index in [2.05, 4.69) is 9.88 Å². The van der Waals surface area contributed by atoms with Crippen LogP contribution in [0.15, 0.2) is 42.6 Å². The summed E-state index contributed by atoms with van der Waals surface area (Å²) in [5, 5.41) is 11.5. The van der Waals surface area contributed by atoms with Gasteiger partial charge in [-0.1, -0.05) is 17.7 Å². The van der Waals surface area contributed by atoms with Crippen LogP contribution in [-0.4, -0.2) is 54.3 Å². The van der Waals surface area contributed by atoms with Crippen LogP contribution in [0, 0.1) is 17.0 Å². The van der Waals surface area contributed by atoms with E-state index in [1.165, 1.54) is 6.07 Å². The number of aromatic nitrogens is 1. The van der Waals surface area contributed by atoms with Gasteiger partial charge >= 0.3 is 5.97 Å². The van der Waals surface area contributed by atoms with Gasteiger partial charge in [0.05, 0.1) is 23.1 Å². The predicted octanol–water partition coefficient (Wildman–Crippen LogP) is 5.74. The number of rotatable bonds is 10. The van der Waals surface area contributed by atoms with Crippen molar-refractivity contribution in [1.82, 2.24) is 9.88 Å². The Morgan fingerprint density at radius 2 is 1.92 bits per heavy atom. The molecule has 0 saturated carbocycles. The second-order valence-corrected chi connectivity index (χ2v) is 9.55. The highest BCUT2D eigenvalue weighted by molar-refractivity contribution is 6.32. The third-order valence-electron chi connectivity index (χ3n) is 7.06. The minimum Gasteiger partial charge on any atom is -0.497 e. The normalized spacial score (nSPS) is 15.7. The summed E-state index contributed by atoms with van der Waals surface area (Å²) in [5.74, 6) is -1.93. The Hall–Kier alpha value is -2.97. The number of hydrogen-bond donors (Lipinski definition) is 1. The number of hydrogen-bond acceptors (Lipinski definition) is 5. The molecule has 0 radical (unpaired) electrons. The van der Waals surface area contributed by atoms with Crippen LogP contribution in [0.3, 0.4) is 0 Å². The Bertz CT molecular complexity index is 1210. The number of nitrogens with zero attached hydrogens (tertiary/aromatic N) is 2. The first-order valence-corrected chi connectivity index (χ1v) is 12.3. The fourth-order valence-electron chi connectivity index (χ4n) is 4.86. The van der Waals surface area contributed by atoms with E-state index >= 15 is 0 Å². The molecule has 2 aromatic carbocycles. The number of carboxylic acid groups (broad SMARTS) is 1. The van der Waals surface area contributed by atoms with E-state index in [1.807, 2.05) is 18.2 Å². The van der Waals surface area contributed by atoms with E-state index in [4.69, 9.17) is 21.1 Å². The van der Waals surface area contributed by atoms with Crippen molar-refractivity contribution in [3.05, 3.63) is 64.8 Å². The fraction of sp³-hybridized carbons (Fsp3) is 0.407. The van der Waals surface area contributed by atoms with Crippen LogP contribution in [0.5, 0.6) is 11.5 Å². The smallest absolute Gasteiger partial charge is 0.309 e. The SMILES string of the molecule is COc1ccc2ncc(Cl)c(CCCC3(C(=O)O)CCN(CCOc4c(F)cccc4F)CC3)c2c1. The van der Waals surface area contributed by atoms with Crippen LogP contribution >= 0.6 is 11.6 Å². The highest BCUT2D eigenvalue weighted by atomic mass is 35.5. The number of benzene rings is 2. The zero-order valence-corrected chi connectivity index (χ0v) is 20.9. The van der Waals surface area contributed by atoms with Crippen molar-refractivity contribution < 1.29 is 28.2 Å². The third-order valence-corrected chi connectivity index (χ3v) is 7.38. The number of para-hydroxylation sites is 1. The van der Waals surface area contributed by atoms with E-state index in [0.717, 1.165) is 28.6 Å². The van der Waals surface area contributed by atoms with Gasteiger partial charge in [0, 0.05) is 18.1 Å². The molecule has 0 bridgehead atoms. The molecule has 3 aromatic rings. The molecule has 0 atom stereocenters. The van der Waals surface area contributed by atoms with E-state index < -0.39 is 23.0 Å². The molecule has 0 spiro atoms. The summed E-state index contributed by atoms with van der Waals surface area (Å²) in [6.45, 7) is 1.73. The van der Waals surface area contributed by atoms with Gasteiger partial charge in [-0.2, -0.15) is 0 Å². The minimum absolute atomic E-state index is 0.120. The van der Waals surface area contributed by atoms with Crippen molar-refractivity contribution in [3.63, 3.8) is 0 Å². The quantitative estimate of drug-likeness (QED) is 0.369. The molecule has 1 saturated heterocycles. The molecule has 1 aliphatic heterocycles. The molecule has 9 heteroatoms. The van der Waals surface area contributed by atoms with Gasteiger partial charge in [-0.25, -0.2) is 8.78 Å². The average Bonchev–Trinajstić information content (AvgIpc) is 2.87.